The minimum atomic E-state index is -0.0213. The van der Waals surface area contributed by atoms with Gasteiger partial charge < -0.3 is 15.4 Å². The van der Waals surface area contributed by atoms with Crippen LogP contribution < -0.4 is 10.6 Å². The van der Waals surface area contributed by atoms with Crippen molar-refractivity contribution in [3.8, 4) is 0 Å². The second-order valence-electron chi connectivity index (χ2n) is 5.21. The first-order valence-corrected chi connectivity index (χ1v) is 7.28. The van der Waals surface area contributed by atoms with Crippen LogP contribution in [0.5, 0.6) is 0 Å². The van der Waals surface area contributed by atoms with E-state index in [1.165, 1.54) is 0 Å². The van der Waals surface area contributed by atoms with Gasteiger partial charge in [0.1, 0.15) is 0 Å². The number of ether oxygens (including phenoxy) is 1. The Morgan fingerprint density at radius 1 is 1.59 bits per heavy atom. The van der Waals surface area contributed by atoms with Gasteiger partial charge in [-0.05, 0) is 11.8 Å². The molecule has 1 rings (SSSR count). The third-order valence-electron chi connectivity index (χ3n) is 2.96. The summed E-state index contributed by atoms with van der Waals surface area (Å²) in [6.07, 6.45) is 0.955. The Balaban J connectivity index is 2.26. The highest BCUT2D eigenvalue weighted by molar-refractivity contribution is 7.99. The lowest BCUT2D eigenvalue weighted by molar-refractivity contribution is -0.123. The van der Waals surface area contributed by atoms with Crippen molar-refractivity contribution in [1.82, 2.24) is 10.6 Å². The Labute approximate surface area is 108 Å². The molecule has 1 fully saturated rings. The third kappa shape index (κ3) is 5.75. The van der Waals surface area contributed by atoms with Crippen LogP contribution >= 0.6 is 11.8 Å². The molecule has 1 aliphatic heterocycles. The van der Waals surface area contributed by atoms with Crippen molar-refractivity contribution >= 4 is 17.7 Å². The van der Waals surface area contributed by atoms with E-state index in [0.29, 0.717) is 6.54 Å². The lowest BCUT2D eigenvalue weighted by atomic mass is 9.89. The minimum absolute atomic E-state index is 0.0213. The van der Waals surface area contributed by atoms with Gasteiger partial charge in [0.25, 0.3) is 0 Å². The van der Waals surface area contributed by atoms with Gasteiger partial charge in [-0.1, -0.05) is 13.8 Å². The maximum atomic E-state index is 11.9. The average molecular weight is 260 g/mol. The van der Waals surface area contributed by atoms with Gasteiger partial charge in [0, 0.05) is 38.3 Å². The van der Waals surface area contributed by atoms with Crippen LogP contribution in [0.15, 0.2) is 0 Å². The molecule has 0 aromatic carbocycles. The summed E-state index contributed by atoms with van der Waals surface area (Å²) in [5, 5.41) is 6.27. The van der Waals surface area contributed by atoms with Crippen molar-refractivity contribution in [2.24, 2.45) is 5.41 Å². The Hall–Kier alpha value is -0.260. The van der Waals surface area contributed by atoms with Gasteiger partial charge in [-0.2, -0.15) is 11.8 Å². The third-order valence-corrected chi connectivity index (χ3v) is 4.02. The summed E-state index contributed by atoms with van der Waals surface area (Å²) in [7, 11) is 1.71. The summed E-state index contributed by atoms with van der Waals surface area (Å²) in [6, 6.07) is -0.0213. The van der Waals surface area contributed by atoms with E-state index in [4.69, 9.17) is 4.74 Å². The van der Waals surface area contributed by atoms with E-state index in [9.17, 15) is 4.79 Å². The predicted octanol–water partition coefficient (Wildman–Crippen LogP) is 0.870. The van der Waals surface area contributed by atoms with Gasteiger partial charge in [0.05, 0.1) is 6.04 Å². The Morgan fingerprint density at radius 2 is 2.35 bits per heavy atom. The smallest absolute Gasteiger partial charge is 0.238 e. The van der Waals surface area contributed by atoms with Gasteiger partial charge >= 0.3 is 0 Å². The molecule has 1 aliphatic rings. The Kier molecular flexibility index (Phi) is 6.30. The fourth-order valence-electron chi connectivity index (χ4n) is 1.65. The zero-order chi connectivity index (χ0) is 12.7. The van der Waals surface area contributed by atoms with E-state index >= 15 is 0 Å². The molecule has 1 amide bonds. The summed E-state index contributed by atoms with van der Waals surface area (Å²) >= 11 is 1.84. The normalized spacial score (nSPS) is 21.2. The Morgan fingerprint density at radius 3 is 2.94 bits per heavy atom. The summed E-state index contributed by atoms with van der Waals surface area (Å²) < 4.78 is 5.07. The van der Waals surface area contributed by atoms with E-state index in [-0.39, 0.29) is 17.4 Å². The Bertz CT molecular complexity index is 241. The molecule has 1 unspecified atom stereocenters. The molecule has 1 saturated heterocycles. The number of methoxy groups -OCH3 is 1. The lowest BCUT2D eigenvalue weighted by Crippen LogP contribution is -2.50. The minimum Gasteiger partial charge on any atom is -0.385 e. The molecule has 2 N–H and O–H groups in total. The molecule has 100 valence electrons. The number of thioether (sulfide) groups is 1. The van der Waals surface area contributed by atoms with E-state index in [0.717, 1.165) is 31.1 Å². The molecule has 0 aromatic heterocycles. The van der Waals surface area contributed by atoms with Crippen molar-refractivity contribution in [3.63, 3.8) is 0 Å². The van der Waals surface area contributed by atoms with Crippen molar-refractivity contribution in [3.05, 3.63) is 0 Å². The SMILES string of the molecule is COCCC(C)(C)CNC(=O)C1CSCCN1. The number of carbonyl (C=O) groups is 1. The molecule has 0 radical (unpaired) electrons. The predicted molar refractivity (Wildman–Crippen MR) is 72.4 cm³/mol. The number of hydrogen-bond acceptors (Lipinski definition) is 4. The highest BCUT2D eigenvalue weighted by Gasteiger charge is 2.23. The van der Waals surface area contributed by atoms with Crippen LogP contribution in [0.25, 0.3) is 0 Å². The van der Waals surface area contributed by atoms with Crippen LogP contribution in [0.1, 0.15) is 20.3 Å². The van der Waals surface area contributed by atoms with E-state index in [1.54, 1.807) is 7.11 Å². The van der Waals surface area contributed by atoms with Crippen LogP contribution in [0.4, 0.5) is 0 Å². The summed E-state index contributed by atoms with van der Waals surface area (Å²) in [6.45, 7) is 6.67. The fraction of sp³-hybridized carbons (Fsp3) is 0.917. The van der Waals surface area contributed by atoms with Crippen LogP contribution in [-0.4, -0.2) is 50.3 Å². The molecule has 1 heterocycles. The number of amides is 1. The average Bonchev–Trinajstić information content (AvgIpc) is 2.35. The topological polar surface area (TPSA) is 50.4 Å². The summed E-state index contributed by atoms with van der Waals surface area (Å²) in [5.41, 5.74) is 0.0908. The van der Waals surface area contributed by atoms with Crippen LogP contribution in [0, 0.1) is 5.41 Å². The molecule has 0 bridgehead atoms. The molecule has 17 heavy (non-hydrogen) atoms. The molecule has 0 saturated carbocycles. The van der Waals surface area contributed by atoms with E-state index in [2.05, 4.69) is 24.5 Å². The van der Waals surface area contributed by atoms with Crippen molar-refractivity contribution in [2.75, 3.05) is 38.3 Å². The molecule has 0 spiro atoms. The van der Waals surface area contributed by atoms with Crippen LogP contribution in [0.3, 0.4) is 0 Å². The van der Waals surface area contributed by atoms with Gasteiger partial charge in [-0.15, -0.1) is 0 Å². The van der Waals surface area contributed by atoms with Crippen molar-refractivity contribution in [2.45, 2.75) is 26.3 Å². The van der Waals surface area contributed by atoms with Gasteiger partial charge in [-0.25, -0.2) is 0 Å². The summed E-state index contributed by atoms with van der Waals surface area (Å²) in [4.78, 5) is 11.9. The van der Waals surface area contributed by atoms with E-state index < -0.39 is 0 Å². The number of rotatable bonds is 6. The van der Waals surface area contributed by atoms with Crippen LogP contribution in [0.2, 0.25) is 0 Å². The zero-order valence-electron chi connectivity index (χ0n) is 11.0. The van der Waals surface area contributed by atoms with Gasteiger partial charge in [-0.3, -0.25) is 4.79 Å². The first kappa shape index (κ1) is 14.8. The molecular weight excluding hydrogens is 236 g/mol. The van der Waals surface area contributed by atoms with Crippen molar-refractivity contribution in [1.29, 1.82) is 0 Å². The van der Waals surface area contributed by atoms with Crippen LogP contribution in [-0.2, 0) is 9.53 Å². The molecule has 4 nitrogen and oxygen atoms in total. The molecule has 0 aromatic rings. The highest BCUT2D eigenvalue weighted by Crippen LogP contribution is 2.18. The van der Waals surface area contributed by atoms with Gasteiger partial charge in [0.15, 0.2) is 0 Å². The first-order chi connectivity index (χ1) is 8.05. The number of nitrogens with one attached hydrogen (secondary N) is 2. The van der Waals surface area contributed by atoms with Gasteiger partial charge in [0.2, 0.25) is 5.91 Å². The monoisotopic (exact) mass is 260 g/mol. The number of hydrogen-bond donors (Lipinski definition) is 2. The second-order valence-corrected chi connectivity index (χ2v) is 6.36. The summed E-state index contributed by atoms with van der Waals surface area (Å²) in [5.74, 6) is 2.11. The number of carbonyl (C=O) groups excluding carboxylic acids is 1. The lowest BCUT2D eigenvalue weighted by Gasteiger charge is -2.27. The van der Waals surface area contributed by atoms with E-state index in [1.807, 2.05) is 11.8 Å². The zero-order valence-corrected chi connectivity index (χ0v) is 11.9. The second kappa shape index (κ2) is 7.24. The molecule has 1 atom stereocenters. The van der Waals surface area contributed by atoms with Crippen molar-refractivity contribution < 1.29 is 9.53 Å². The maximum absolute atomic E-state index is 11.9. The first-order valence-electron chi connectivity index (χ1n) is 6.13. The largest absolute Gasteiger partial charge is 0.385 e. The molecular formula is C12H24N2O2S. The fourth-order valence-corrected chi connectivity index (χ4v) is 2.58. The standard InChI is InChI=1S/C12H24N2O2S/c1-12(2,4-6-16-3)9-14-11(15)10-8-17-7-5-13-10/h10,13H,4-9H2,1-3H3,(H,14,15). The highest BCUT2D eigenvalue weighted by atomic mass is 32.2. The molecule has 0 aliphatic carbocycles. The maximum Gasteiger partial charge on any atom is 0.238 e. The molecule has 5 heteroatoms. The quantitative estimate of drug-likeness (QED) is 0.744.